The summed E-state index contributed by atoms with van der Waals surface area (Å²) in [5.74, 6) is 0.377. The van der Waals surface area contributed by atoms with E-state index in [0.29, 0.717) is 18.7 Å². The van der Waals surface area contributed by atoms with Crippen LogP contribution in [0.15, 0.2) is 60.9 Å². The lowest BCUT2D eigenvalue weighted by Crippen LogP contribution is -2.39. The molecule has 2 aromatic carbocycles. The van der Waals surface area contributed by atoms with Crippen LogP contribution in [0.2, 0.25) is 0 Å². The van der Waals surface area contributed by atoms with E-state index >= 15 is 0 Å². The number of piperidine rings is 1. The molecule has 0 saturated carbocycles. The minimum atomic E-state index is -0.348. The quantitative estimate of drug-likeness (QED) is 0.665. The molecule has 29 heavy (non-hydrogen) atoms. The molecule has 6 heteroatoms. The third kappa shape index (κ3) is 3.97. The zero-order chi connectivity index (χ0) is 20.2. The Morgan fingerprint density at radius 2 is 1.86 bits per heavy atom. The summed E-state index contributed by atoms with van der Waals surface area (Å²) in [4.78, 5) is 23.9. The SMILES string of the molecule is COc1ccccc1-c1nccnc1[C@@H]1CCCN(C(=O)c2ccc(F)cc2)C1. The third-order valence-corrected chi connectivity index (χ3v) is 5.28. The van der Waals surface area contributed by atoms with Crippen molar-refractivity contribution in [2.45, 2.75) is 18.8 Å². The first-order valence-electron chi connectivity index (χ1n) is 9.66. The summed E-state index contributed by atoms with van der Waals surface area (Å²) in [7, 11) is 1.64. The molecule has 1 amide bonds. The highest BCUT2D eigenvalue weighted by Crippen LogP contribution is 2.35. The number of ether oxygens (including phenoxy) is 1. The Kier molecular flexibility index (Phi) is 5.51. The van der Waals surface area contributed by atoms with Gasteiger partial charge in [-0.3, -0.25) is 14.8 Å². The summed E-state index contributed by atoms with van der Waals surface area (Å²) in [6.45, 7) is 1.23. The van der Waals surface area contributed by atoms with Gasteiger partial charge in [0, 0.05) is 42.5 Å². The number of hydrogen-bond acceptors (Lipinski definition) is 4. The van der Waals surface area contributed by atoms with Gasteiger partial charge in [-0.25, -0.2) is 4.39 Å². The molecule has 0 N–H and O–H groups in total. The lowest BCUT2D eigenvalue weighted by atomic mass is 9.91. The predicted octanol–water partition coefficient (Wildman–Crippen LogP) is 4.31. The smallest absolute Gasteiger partial charge is 0.253 e. The van der Waals surface area contributed by atoms with Crippen LogP contribution in [-0.2, 0) is 0 Å². The average molecular weight is 391 g/mol. The highest BCUT2D eigenvalue weighted by molar-refractivity contribution is 5.94. The normalized spacial score (nSPS) is 16.5. The molecular formula is C23H22FN3O2. The maximum Gasteiger partial charge on any atom is 0.253 e. The second-order valence-electron chi connectivity index (χ2n) is 7.09. The number of aromatic nitrogens is 2. The monoisotopic (exact) mass is 391 g/mol. The van der Waals surface area contributed by atoms with Crippen LogP contribution >= 0.6 is 0 Å². The molecule has 0 bridgehead atoms. The Morgan fingerprint density at radius 1 is 1.10 bits per heavy atom. The second-order valence-corrected chi connectivity index (χ2v) is 7.09. The summed E-state index contributed by atoms with van der Waals surface area (Å²) in [6, 6.07) is 13.4. The molecule has 2 heterocycles. The first-order valence-corrected chi connectivity index (χ1v) is 9.66. The molecule has 0 spiro atoms. The molecule has 4 rings (SSSR count). The van der Waals surface area contributed by atoms with Crippen LogP contribution in [0.25, 0.3) is 11.3 Å². The van der Waals surface area contributed by atoms with E-state index < -0.39 is 0 Å². The molecule has 1 aromatic heterocycles. The van der Waals surface area contributed by atoms with E-state index in [9.17, 15) is 9.18 Å². The highest BCUT2D eigenvalue weighted by Gasteiger charge is 2.29. The molecule has 5 nitrogen and oxygen atoms in total. The van der Waals surface area contributed by atoms with E-state index in [1.165, 1.54) is 24.3 Å². The summed E-state index contributed by atoms with van der Waals surface area (Å²) < 4.78 is 18.7. The summed E-state index contributed by atoms with van der Waals surface area (Å²) in [5.41, 5.74) is 3.04. The minimum absolute atomic E-state index is 0.0711. The van der Waals surface area contributed by atoms with Gasteiger partial charge < -0.3 is 9.64 Å². The van der Waals surface area contributed by atoms with Crippen LogP contribution in [0, 0.1) is 5.82 Å². The fraction of sp³-hybridized carbons (Fsp3) is 0.261. The Balaban J connectivity index is 1.62. The Labute approximate surface area is 169 Å². The van der Waals surface area contributed by atoms with Gasteiger partial charge in [-0.1, -0.05) is 12.1 Å². The highest BCUT2D eigenvalue weighted by atomic mass is 19.1. The first kappa shape index (κ1) is 19.1. The maximum absolute atomic E-state index is 13.2. The van der Waals surface area contributed by atoms with Gasteiger partial charge in [0.15, 0.2) is 0 Å². The lowest BCUT2D eigenvalue weighted by molar-refractivity contribution is 0.0706. The van der Waals surface area contributed by atoms with E-state index in [2.05, 4.69) is 9.97 Å². The van der Waals surface area contributed by atoms with Gasteiger partial charge in [-0.2, -0.15) is 0 Å². The topological polar surface area (TPSA) is 55.3 Å². The van der Waals surface area contributed by atoms with E-state index in [1.54, 1.807) is 19.5 Å². The molecule has 1 atom stereocenters. The fourth-order valence-electron chi connectivity index (χ4n) is 3.86. The number of amides is 1. The molecule has 3 aromatic rings. The van der Waals surface area contributed by atoms with Crippen LogP contribution in [0.4, 0.5) is 4.39 Å². The summed E-state index contributed by atoms with van der Waals surface area (Å²) in [5, 5.41) is 0. The van der Waals surface area contributed by atoms with E-state index in [1.807, 2.05) is 29.2 Å². The van der Waals surface area contributed by atoms with Gasteiger partial charge in [-0.05, 0) is 49.2 Å². The number of benzene rings is 2. The fourth-order valence-corrected chi connectivity index (χ4v) is 3.86. The molecule has 1 saturated heterocycles. The van der Waals surface area contributed by atoms with Gasteiger partial charge >= 0.3 is 0 Å². The number of likely N-dealkylation sites (tertiary alicyclic amines) is 1. The predicted molar refractivity (Wildman–Crippen MR) is 108 cm³/mol. The van der Waals surface area contributed by atoms with Crippen LogP contribution in [0.5, 0.6) is 5.75 Å². The van der Waals surface area contributed by atoms with E-state index in [4.69, 9.17) is 4.74 Å². The zero-order valence-electron chi connectivity index (χ0n) is 16.2. The third-order valence-electron chi connectivity index (χ3n) is 5.28. The minimum Gasteiger partial charge on any atom is -0.496 e. The van der Waals surface area contributed by atoms with Crippen LogP contribution in [0.1, 0.15) is 34.8 Å². The molecule has 1 aliphatic heterocycles. The number of halogens is 1. The maximum atomic E-state index is 13.2. The number of para-hydroxylation sites is 1. The number of hydrogen-bond donors (Lipinski definition) is 0. The van der Waals surface area contributed by atoms with Crippen molar-refractivity contribution in [3.63, 3.8) is 0 Å². The molecule has 0 aliphatic carbocycles. The Hall–Kier alpha value is -3.28. The largest absolute Gasteiger partial charge is 0.496 e. The standard InChI is InChI=1S/C23H22FN3O2/c1-29-20-7-3-2-6-19(20)22-21(25-12-13-26-22)17-5-4-14-27(15-17)23(28)16-8-10-18(24)11-9-16/h2-3,6-13,17H,4-5,14-15H2,1H3/t17-/m1/s1. The van der Waals surface area contributed by atoms with Crippen LogP contribution in [0.3, 0.4) is 0 Å². The van der Waals surface area contributed by atoms with E-state index in [-0.39, 0.29) is 17.6 Å². The number of carbonyl (C=O) groups excluding carboxylic acids is 1. The molecule has 0 radical (unpaired) electrons. The molecule has 148 valence electrons. The van der Waals surface area contributed by atoms with Crippen molar-refractivity contribution in [3.05, 3.63) is 78.0 Å². The number of rotatable bonds is 4. The van der Waals surface area contributed by atoms with Crippen molar-refractivity contribution < 1.29 is 13.9 Å². The number of methoxy groups -OCH3 is 1. The molecule has 1 fully saturated rings. The Morgan fingerprint density at radius 3 is 2.66 bits per heavy atom. The van der Waals surface area contributed by atoms with Crippen molar-refractivity contribution in [3.8, 4) is 17.0 Å². The molecule has 0 unspecified atom stereocenters. The van der Waals surface area contributed by atoms with Gasteiger partial charge in [0.25, 0.3) is 5.91 Å². The first-order chi connectivity index (χ1) is 14.2. The lowest BCUT2D eigenvalue weighted by Gasteiger charge is -2.33. The van der Waals surface area contributed by atoms with Crippen molar-refractivity contribution >= 4 is 5.91 Å². The van der Waals surface area contributed by atoms with E-state index in [0.717, 1.165) is 35.5 Å². The summed E-state index contributed by atoms with van der Waals surface area (Å²) in [6.07, 6.45) is 5.16. The molecule has 1 aliphatic rings. The van der Waals surface area contributed by atoms with Crippen LogP contribution < -0.4 is 4.74 Å². The van der Waals surface area contributed by atoms with Crippen molar-refractivity contribution in [1.82, 2.24) is 14.9 Å². The average Bonchev–Trinajstić information content (AvgIpc) is 2.79. The Bertz CT molecular complexity index is 1010. The van der Waals surface area contributed by atoms with Gasteiger partial charge in [0.1, 0.15) is 11.6 Å². The molecular weight excluding hydrogens is 369 g/mol. The van der Waals surface area contributed by atoms with Crippen molar-refractivity contribution in [2.24, 2.45) is 0 Å². The van der Waals surface area contributed by atoms with Crippen LogP contribution in [-0.4, -0.2) is 41.0 Å². The second kappa shape index (κ2) is 8.39. The van der Waals surface area contributed by atoms with Crippen molar-refractivity contribution in [1.29, 1.82) is 0 Å². The number of carbonyl (C=O) groups is 1. The van der Waals surface area contributed by atoms with Crippen molar-refractivity contribution in [2.75, 3.05) is 20.2 Å². The summed E-state index contributed by atoms with van der Waals surface area (Å²) >= 11 is 0. The number of nitrogens with zero attached hydrogens (tertiary/aromatic N) is 3. The van der Waals surface area contributed by atoms with Gasteiger partial charge in [-0.15, -0.1) is 0 Å². The zero-order valence-corrected chi connectivity index (χ0v) is 16.2. The van der Waals surface area contributed by atoms with Gasteiger partial charge in [0.05, 0.1) is 18.5 Å². The van der Waals surface area contributed by atoms with Gasteiger partial charge in [0.2, 0.25) is 0 Å².